The van der Waals surface area contributed by atoms with Crippen LogP contribution < -0.4 is 10.9 Å². The minimum atomic E-state index is -0.333. The van der Waals surface area contributed by atoms with Crippen LogP contribution in [0.2, 0.25) is 0 Å². The lowest BCUT2D eigenvalue weighted by molar-refractivity contribution is -0.116. The number of anilines is 1. The van der Waals surface area contributed by atoms with Gasteiger partial charge in [-0.2, -0.15) is 5.10 Å². The van der Waals surface area contributed by atoms with Gasteiger partial charge in [0.15, 0.2) is 10.8 Å². The molecule has 132 valence electrons. The van der Waals surface area contributed by atoms with E-state index in [4.69, 9.17) is 0 Å². The standard InChI is InChI=1S/C16H14N6O2S2/c1-9-3-4-12(26-9)11-7-25-16(19-11)20-13(23)6-22-8-17-14-10(15(22)24)5-18-21(14)2/h3-5,7-8H,6H2,1-2H3,(H,19,20,23). The summed E-state index contributed by atoms with van der Waals surface area (Å²) in [6.45, 7) is 1.90. The van der Waals surface area contributed by atoms with E-state index < -0.39 is 0 Å². The van der Waals surface area contributed by atoms with Crippen LogP contribution >= 0.6 is 22.7 Å². The fourth-order valence-electron chi connectivity index (χ4n) is 2.51. The molecule has 4 heterocycles. The second-order valence-corrected chi connectivity index (χ2v) is 7.83. The van der Waals surface area contributed by atoms with E-state index in [0.29, 0.717) is 16.2 Å². The first-order valence-electron chi connectivity index (χ1n) is 7.70. The predicted octanol–water partition coefficient (Wildman–Crippen LogP) is 2.26. The van der Waals surface area contributed by atoms with Crippen LogP contribution in [0, 0.1) is 6.92 Å². The van der Waals surface area contributed by atoms with Crippen LogP contribution in [0.3, 0.4) is 0 Å². The highest BCUT2D eigenvalue weighted by molar-refractivity contribution is 7.17. The van der Waals surface area contributed by atoms with E-state index in [2.05, 4.69) is 20.4 Å². The second kappa shape index (κ2) is 6.46. The summed E-state index contributed by atoms with van der Waals surface area (Å²) in [5.41, 5.74) is 1.02. The fraction of sp³-hybridized carbons (Fsp3) is 0.188. The van der Waals surface area contributed by atoms with Crippen LogP contribution in [0.25, 0.3) is 21.6 Å². The van der Waals surface area contributed by atoms with Gasteiger partial charge in [0.1, 0.15) is 18.3 Å². The first-order valence-corrected chi connectivity index (χ1v) is 9.40. The van der Waals surface area contributed by atoms with Crippen molar-refractivity contribution in [2.45, 2.75) is 13.5 Å². The van der Waals surface area contributed by atoms with Gasteiger partial charge in [-0.3, -0.25) is 18.8 Å². The van der Waals surface area contributed by atoms with E-state index in [1.165, 1.54) is 38.0 Å². The monoisotopic (exact) mass is 386 g/mol. The van der Waals surface area contributed by atoms with E-state index in [1.54, 1.807) is 18.4 Å². The van der Waals surface area contributed by atoms with Crippen molar-refractivity contribution in [2.24, 2.45) is 7.05 Å². The quantitative estimate of drug-likeness (QED) is 0.580. The molecule has 0 aliphatic carbocycles. The van der Waals surface area contributed by atoms with Gasteiger partial charge in [0.05, 0.1) is 16.8 Å². The van der Waals surface area contributed by atoms with Crippen molar-refractivity contribution in [3.63, 3.8) is 0 Å². The first kappa shape index (κ1) is 16.6. The lowest BCUT2D eigenvalue weighted by atomic mass is 10.4. The zero-order chi connectivity index (χ0) is 18.3. The highest BCUT2D eigenvalue weighted by Gasteiger charge is 2.13. The number of rotatable bonds is 4. The number of thiophene rings is 1. The second-order valence-electron chi connectivity index (χ2n) is 5.68. The maximum absolute atomic E-state index is 12.4. The van der Waals surface area contributed by atoms with Crippen molar-refractivity contribution >= 4 is 44.7 Å². The minimum absolute atomic E-state index is 0.135. The molecule has 0 atom stereocenters. The number of aryl methyl sites for hydroxylation is 2. The largest absolute Gasteiger partial charge is 0.300 e. The Balaban J connectivity index is 1.50. The van der Waals surface area contributed by atoms with Crippen molar-refractivity contribution in [2.75, 3.05) is 5.32 Å². The third-order valence-electron chi connectivity index (χ3n) is 3.78. The number of hydrogen-bond acceptors (Lipinski definition) is 7. The molecule has 0 radical (unpaired) electrons. The minimum Gasteiger partial charge on any atom is -0.300 e. The molecule has 4 rings (SSSR count). The number of hydrogen-bond donors (Lipinski definition) is 1. The van der Waals surface area contributed by atoms with Gasteiger partial charge in [-0.15, -0.1) is 22.7 Å². The average molecular weight is 386 g/mol. The molecule has 0 aliphatic heterocycles. The third kappa shape index (κ3) is 3.04. The van der Waals surface area contributed by atoms with Gasteiger partial charge >= 0.3 is 0 Å². The molecule has 10 heteroatoms. The maximum Gasteiger partial charge on any atom is 0.264 e. The molecule has 4 aromatic rings. The van der Waals surface area contributed by atoms with Gasteiger partial charge in [-0.1, -0.05) is 0 Å². The van der Waals surface area contributed by atoms with Crippen LogP contribution in [0.1, 0.15) is 4.88 Å². The molecule has 1 amide bonds. The summed E-state index contributed by atoms with van der Waals surface area (Å²) in [6, 6.07) is 4.04. The Morgan fingerprint density at radius 3 is 2.96 bits per heavy atom. The van der Waals surface area contributed by atoms with Gasteiger partial charge < -0.3 is 5.32 Å². The number of nitrogens with zero attached hydrogens (tertiary/aromatic N) is 5. The summed E-state index contributed by atoms with van der Waals surface area (Å²) in [6.07, 6.45) is 2.81. The smallest absolute Gasteiger partial charge is 0.264 e. The van der Waals surface area contributed by atoms with E-state index >= 15 is 0 Å². The van der Waals surface area contributed by atoms with Crippen LogP contribution in [-0.4, -0.2) is 30.2 Å². The zero-order valence-electron chi connectivity index (χ0n) is 14.0. The molecule has 0 saturated carbocycles. The summed E-state index contributed by atoms with van der Waals surface area (Å²) in [4.78, 5) is 35.5. The third-order valence-corrected chi connectivity index (χ3v) is 5.56. The Labute approximate surface area is 155 Å². The SMILES string of the molecule is Cc1ccc(-c2csc(NC(=O)Cn3cnc4c(cnn4C)c3=O)n2)s1. The Morgan fingerprint density at radius 2 is 2.19 bits per heavy atom. The number of carbonyl (C=O) groups excluding carboxylic acids is 1. The number of amides is 1. The van der Waals surface area contributed by atoms with Gasteiger partial charge in [-0.25, -0.2) is 9.97 Å². The molecule has 0 saturated heterocycles. The Morgan fingerprint density at radius 1 is 1.35 bits per heavy atom. The lowest BCUT2D eigenvalue weighted by Crippen LogP contribution is -2.27. The molecule has 26 heavy (non-hydrogen) atoms. The molecule has 0 unspecified atom stereocenters. The van der Waals surface area contributed by atoms with E-state index in [-0.39, 0.29) is 18.0 Å². The van der Waals surface area contributed by atoms with Crippen LogP contribution in [-0.2, 0) is 18.4 Å². The molecule has 1 N–H and O–H groups in total. The topological polar surface area (TPSA) is 94.7 Å². The Kier molecular flexibility index (Phi) is 4.13. The van der Waals surface area contributed by atoms with Crippen molar-refractivity contribution in [3.8, 4) is 10.6 Å². The highest BCUT2D eigenvalue weighted by atomic mass is 32.1. The average Bonchev–Trinajstić information content (AvgIpc) is 3.31. The maximum atomic E-state index is 12.4. The van der Waals surface area contributed by atoms with E-state index in [9.17, 15) is 9.59 Å². The molecular weight excluding hydrogens is 372 g/mol. The summed E-state index contributed by atoms with van der Waals surface area (Å²) in [7, 11) is 1.71. The van der Waals surface area contributed by atoms with Crippen LogP contribution in [0.15, 0.2) is 34.8 Å². The van der Waals surface area contributed by atoms with E-state index in [1.807, 2.05) is 24.4 Å². The molecule has 4 aromatic heterocycles. The summed E-state index contributed by atoms with van der Waals surface area (Å²) >= 11 is 3.00. The molecular formula is C16H14N6O2S2. The summed E-state index contributed by atoms with van der Waals surface area (Å²) in [5, 5.41) is 9.52. The highest BCUT2D eigenvalue weighted by Crippen LogP contribution is 2.30. The molecule has 8 nitrogen and oxygen atoms in total. The summed E-state index contributed by atoms with van der Waals surface area (Å²) < 4.78 is 2.78. The van der Waals surface area contributed by atoms with Crippen molar-refractivity contribution in [3.05, 3.63) is 45.3 Å². The molecule has 0 bridgehead atoms. The number of nitrogens with one attached hydrogen (secondary N) is 1. The van der Waals surface area contributed by atoms with Gasteiger partial charge in [0.2, 0.25) is 5.91 Å². The van der Waals surface area contributed by atoms with E-state index in [0.717, 1.165) is 10.6 Å². The van der Waals surface area contributed by atoms with Gasteiger partial charge in [0.25, 0.3) is 5.56 Å². The number of thiazole rings is 1. The van der Waals surface area contributed by atoms with Gasteiger partial charge in [0, 0.05) is 17.3 Å². The van der Waals surface area contributed by atoms with Crippen molar-refractivity contribution < 1.29 is 4.79 Å². The predicted molar refractivity (Wildman–Crippen MR) is 102 cm³/mol. The number of carbonyl (C=O) groups is 1. The fourth-order valence-corrected chi connectivity index (χ4v) is 4.14. The molecule has 0 aromatic carbocycles. The van der Waals surface area contributed by atoms with Gasteiger partial charge in [-0.05, 0) is 19.1 Å². The Hall–Kier alpha value is -2.85. The van der Waals surface area contributed by atoms with Crippen molar-refractivity contribution in [1.82, 2.24) is 24.3 Å². The number of aromatic nitrogens is 5. The van der Waals surface area contributed by atoms with Crippen LogP contribution in [0.5, 0.6) is 0 Å². The van der Waals surface area contributed by atoms with Crippen molar-refractivity contribution in [1.29, 1.82) is 0 Å². The Bertz CT molecular complexity index is 1170. The zero-order valence-corrected chi connectivity index (χ0v) is 15.6. The normalized spacial score (nSPS) is 11.2. The first-order chi connectivity index (χ1) is 12.5. The molecule has 0 aliphatic rings. The van der Waals surface area contributed by atoms with Crippen LogP contribution in [0.4, 0.5) is 5.13 Å². The molecule has 0 fully saturated rings. The summed E-state index contributed by atoms with van der Waals surface area (Å²) in [5.74, 6) is -0.333. The lowest BCUT2D eigenvalue weighted by Gasteiger charge is -2.05. The molecule has 0 spiro atoms. The number of fused-ring (bicyclic) bond motifs is 1.